The number of hydrogen-bond acceptors (Lipinski definition) is 3. The molecule has 1 aliphatic heterocycles. The Balaban J connectivity index is 1.59. The molecular formula is C22H33N2O3. The average molecular weight is 374 g/mol. The molecule has 1 fully saturated rings. The summed E-state index contributed by atoms with van der Waals surface area (Å²) in [6.45, 7) is 3.07. The van der Waals surface area contributed by atoms with E-state index in [-0.39, 0.29) is 0 Å². The van der Waals surface area contributed by atoms with Crippen LogP contribution < -0.4 is 5.32 Å². The number of imide groups is 1. The molecule has 0 N–H and O–H groups in total. The Hall–Kier alpha value is -1.88. The zero-order valence-corrected chi connectivity index (χ0v) is 16.6. The average Bonchev–Trinajstić information content (AvgIpc) is 2.93. The highest BCUT2D eigenvalue weighted by Gasteiger charge is 2.40. The third-order valence-corrected chi connectivity index (χ3v) is 4.92. The van der Waals surface area contributed by atoms with E-state index in [9.17, 15) is 9.59 Å². The van der Waals surface area contributed by atoms with Crippen LogP contribution >= 0.6 is 0 Å². The summed E-state index contributed by atoms with van der Waals surface area (Å²) in [4.78, 5) is 25.3. The molecule has 1 atom stereocenters. The fourth-order valence-corrected chi connectivity index (χ4v) is 3.32. The third kappa shape index (κ3) is 7.71. The Bertz CT molecular complexity index is 562. The van der Waals surface area contributed by atoms with Crippen LogP contribution in [0, 0.1) is 0 Å². The van der Waals surface area contributed by atoms with Crippen LogP contribution in [0.15, 0.2) is 30.3 Å². The number of amides is 3. The molecule has 149 valence electrons. The highest BCUT2D eigenvalue weighted by molar-refractivity contribution is 6.02. The van der Waals surface area contributed by atoms with Gasteiger partial charge in [-0.05, 0) is 12.0 Å². The van der Waals surface area contributed by atoms with Crippen LogP contribution in [-0.4, -0.2) is 29.7 Å². The smallest absolute Gasteiger partial charge is 0.349 e. The van der Waals surface area contributed by atoms with Gasteiger partial charge >= 0.3 is 11.9 Å². The largest absolute Gasteiger partial charge is 0.349 e. The fraction of sp³-hybridized carbons (Fsp3) is 0.636. The molecule has 5 nitrogen and oxygen atoms in total. The van der Waals surface area contributed by atoms with Gasteiger partial charge < -0.3 is 4.74 Å². The molecule has 0 saturated carbocycles. The van der Waals surface area contributed by atoms with Crippen molar-refractivity contribution < 1.29 is 14.3 Å². The Labute approximate surface area is 163 Å². The predicted molar refractivity (Wildman–Crippen MR) is 106 cm³/mol. The number of hydrogen-bond donors (Lipinski definition) is 0. The van der Waals surface area contributed by atoms with Gasteiger partial charge in [0, 0.05) is 6.61 Å². The van der Waals surface area contributed by atoms with E-state index in [1.165, 1.54) is 56.3 Å². The number of carbonyl (C=O) groups excluding carboxylic acids is 2. The van der Waals surface area contributed by atoms with Gasteiger partial charge in [-0.2, -0.15) is 5.32 Å². The minimum Gasteiger partial charge on any atom is -0.349 e. The van der Waals surface area contributed by atoms with E-state index in [1.807, 2.05) is 30.3 Å². The molecule has 1 saturated heterocycles. The molecule has 2 rings (SSSR count). The monoisotopic (exact) mass is 373 g/mol. The molecule has 1 aromatic rings. The lowest BCUT2D eigenvalue weighted by atomic mass is 10.1. The predicted octanol–water partition coefficient (Wildman–Crippen LogP) is 5.02. The van der Waals surface area contributed by atoms with Crippen LogP contribution in [0.2, 0.25) is 0 Å². The minimum absolute atomic E-state index is 0.345. The second kappa shape index (κ2) is 12.5. The zero-order chi connectivity index (χ0) is 19.3. The maximum atomic E-state index is 12.0. The van der Waals surface area contributed by atoms with E-state index in [1.54, 1.807) is 0 Å². The van der Waals surface area contributed by atoms with Crippen LogP contribution in [0.4, 0.5) is 4.79 Å². The van der Waals surface area contributed by atoms with Crippen LogP contribution in [0.3, 0.4) is 0 Å². The number of ether oxygens (including phenoxy) is 1. The third-order valence-electron chi connectivity index (χ3n) is 4.92. The summed E-state index contributed by atoms with van der Waals surface area (Å²) in [6.07, 6.45) is 11.6. The first kappa shape index (κ1) is 21.4. The molecule has 1 radical (unpaired) electrons. The number of carbonyl (C=O) groups is 2. The number of urea groups is 1. The van der Waals surface area contributed by atoms with Crippen molar-refractivity contribution >= 4 is 11.9 Å². The maximum Gasteiger partial charge on any atom is 0.349 e. The molecule has 1 heterocycles. The lowest BCUT2D eigenvalue weighted by Gasteiger charge is -2.21. The normalized spacial score (nSPS) is 16.8. The van der Waals surface area contributed by atoms with E-state index in [2.05, 4.69) is 12.2 Å². The topological polar surface area (TPSA) is 60.7 Å². The Morgan fingerprint density at radius 2 is 1.48 bits per heavy atom. The lowest BCUT2D eigenvalue weighted by Crippen LogP contribution is -2.37. The molecular weight excluding hydrogens is 340 g/mol. The van der Waals surface area contributed by atoms with Crippen molar-refractivity contribution in [3.63, 3.8) is 0 Å². The molecule has 1 unspecified atom stereocenters. The number of unbranched alkanes of at least 4 members (excludes halogenated alkanes) is 9. The SMILES string of the molecule is CCCCCCCCCCCCOC1C(=O)[N]C(=O)N1Cc1ccccc1. The number of nitrogens with zero attached hydrogens (tertiary/aromatic N) is 2. The van der Waals surface area contributed by atoms with Crippen molar-refractivity contribution in [2.45, 2.75) is 83.9 Å². The van der Waals surface area contributed by atoms with Gasteiger partial charge in [-0.3, -0.25) is 9.69 Å². The summed E-state index contributed by atoms with van der Waals surface area (Å²) in [7, 11) is 0. The standard InChI is InChI=1S/C22H33N2O3/c1-2-3-4-5-6-7-8-9-10-14-17-27-21-20(25)23-22(26)24(21)18-19-15-12-11-13-16-19/h11-13,15-16,21H,2-10,14,17-18H2,1H3. The molecule has 3 amide bonds. The highest BCUT2D eigenvalue weighted by atomic mass is 16.5. The second-order valence-electron chi connectivity index (χ2n) is 7.25. The van der Waals surface area contributed by atoms with Crippen LogP contribution in [0.1, 0.15) is 76.7 Å². The molecule has 27 heavy (non-hydrogen) atoms. The summed E-state index contributed by atoms with van der Waals surface area (Å²) in [6, 6.07) is 9.09. The fourth-order valence-electron chi connectivity index (χ4n) is 3.32. The van der Waals surface area contributed by atoms with Gasteiger partial charge in [0.05, 0.1) is 6.54 Å². The van der Waals surface area contributed by atoms with Crippen LogP contribution in [-0.2, 0) is 16.1 Å². The van der Waals surface area contributed by atoms with Gasteiger partial charge in [0.2, 0.25) is 6.23 Å². The van der Waals surface area contributed by atoms with Gasteiger partial charge in [0.1, 0.15) is 0 Å². The number of rotatable bonds is 14. The van der Waals surface area contributed by atoms with Crippen molar-refractivity contribution in [1.82, 2.24) is 10.2 Å². The number of benzene rings is 1. The highest BCUT2D eigenvalue weighted by Crippen LogP contribution is 2.17. The van der Waals surface area contributed by atoms with Gasteiger partial charge in [-0.25, -0.2) is 4.79 Å². The Morgan fingerprint density at radius 1 is 0.889 bits per heavy atom. The van der Waals surface area contributed by atoms with Crippen LogP contribution in [0.25, 0.3) is 0 Å². The van der Waals surface area contributed by atoms with Crippen LogP contribution in [0.5, 0.6) is 0 Å². The van der Waals surface area contributed by atoms with Crippen molar-refractivity contribution in [3.8, 4) is 0 Å². The molecule has 0 aromatic heterocycles. The summed E-state index contributed by atoms with van der Waals surface area (Å²) in [5.74, 6) is -0.483. The summed E-state index contributed by atoms with van der Waals surface area (Å²) in [5.41, 5.74) is 0.961. The van der Waals surface area contributed by atoms with E-state index >= 15 is 0 Å². The first-order valence-corrected chi connectivity index (χ1v) is 10.4. The Morgan fingerprint density at radius 3 is 2.11 bits per heavy atom. The van der Waals surface area contributed by atoms with Gasteiger partial charge in [-0.15, -0.1) is 0 Å². The van der Waals surface area contributed by atoms with E-state index < -0.39 is 18.2 Å². The molecule has 5 heteroatoms. The van der Waals surface area contributed by atoms with Crippen molar-refractivity contribution in [2.75, 3.05) is 6.61 Å². The first-order chi connectivity index (χ1) is 13.2. The van der Waals surface area contributed by atoms with Gasteiger partial charge in [-0.1, -0.05) is 95.0 Å². The Kier molecular flexibility index (Phi) is 9.91. The molecule has 1 aliphatic rings. The molecule has 0 aliphatic carbocycles. The quantitative estimate of drug-likeness (QED) is 0.340. The van der Waals surface area contributed by atoms with Crippen molar-refractivity contribution in [1.29, 1.82) is 0 Å². The molecule has 0 bridgehead atoms. The zero-order valence-electron chi connectivity index (χ0n) is 16.6. The van der Waals surface area contributed by atoms with Gasteiger partial charge in [0.15, 0.2) is 0 Å². The lowest BCUT2D eigenvalue weighted by molar-refractivity contribution is -0.136. The van der Waals surface area contributed by atoms with E-state index in [0.29, 0.717) is 13.2 Å². The second-order valence-corrected chi connectivity index (χ2v) is 7.25. The summed E-state index contributed by atoms with van der Waals surface area (Å²) in [5, 5.41) is 3.54. The molecule has 0 spiro atoms. The van der Waals surface area contributed by atoms with Gasteiger partial charge in [0.25, 0.3) is 0 Å². The maximum absolute atomic E-state index is 12.0. The molecule has 1 aromatic carbocycles. The summed E-state index contributed by atoms with van der Waals surface area (Å²) >= 11 is 0. The summed E-state index contributed by atoms with van der Waals surface area (Å²) < 4.78 is 5.70. The minimum atomic E-state index is -0.865. The first-order valence-electron chi connectivity index (χ1n) is 10.4. The van der Waals surface area contributed by atoms with Crippen molar-refractivity contribution in [2.24, 2.45) is 0 Å². The van der Waals surface area contributed by atoms with E-state index in [4.69, 9.17) is 4.74 Å². The van der Waals surface area contributed by atoms with E-state index in [0.717, 1.165) is 18.4 Å². The van der Waals surface area contributed by atoms with Crippen molar-refractivity contribution in [3.05, 3.63) is 35.9 Å².